The molecule has 0 bridgehead atoms. The first-order valence-electron chi connectivity index (χ1n) is 9.52. The number of rotatable bonds is 6. The summed E-state index contributed by atoms with van der Waals surface area (Å²) in [7, 11) is 2.18. The minimum atomic E-state index is -0.553. The van der Waals surface area contributed by atoms with E-state index >= 15 is 0 Å². The molecule has 0 saturated heterocycles. The zero-order valence-electron chi connectivity index (χ0n) is 15.2. The molecule has 0 heterocycles. The maximum Gasteiger partial charge on any atom is 0.0728 e. The Morgan fingerprint density at radius 1 is 1.04 bits per heavy atom. The molecule has 0 aromatic heterocycles. The minimum absolute atomic E-state index is 0.193. The van der Waals surface area contributed by atoms with E-state index in [0.29, 0.717) is 0 Å². The van der Waals surface area contributed by atoms with Crippen molar-refractivity contribution in [2.75, 3.05) is 20.1 Å². The van der Waals surface area contributed by atoms with Crippen LogP contribution in [0.4, 0.5) is 0 Å². The highest BCUT2D eigenvalue weighted by atomic mass is 16.3. The highest BCUT2D eigenvalue weighted by molar-refractivity contribution is 5.83. The lowest BCUT2D eigenvalue weighted by atomic mass is 9.72. The van der Waals surface area contributed by atoms with Gasteiger partial charge in [-0.2, -0.15) is 0 Å². The Morgan fingerprint density at radius 3 is 2.46 bits per heavy atom. The lowest BCUT2D eigenvalue weighted by molar-refractivity contribution is -0.0291. The van der Waals surface area contributed by atoms with Crippen molar-refractivity contribution >= 4 is 10.8 Å². The minimum Gasteiger partial charge on any atom is -0.389 e. The molecule has 1 atom stereocenters. The average Bonchev–Trinajstić information content (AvgIpc) is 2.60. The second-order valence-electron chi connectivity index (χ2n) is 7.59. The zero-order chi connectivity index (χ0) is 17.0. The zero-order valence-corrected chi connectivity index (χ0v) is 15.2. The highest BCUT2D eigenvalue weighted by Crippen LogP contribution is 2.41. The van der Waals surface area contributed by atoms with Crippen LogP contribution >= 0.6 is 0 Å². The monoisotopic (exact) mass is 325 g/mol. The van der Waals surface area contributed by atoms with Gasteiger partial charge in [0.1, 0.15) is 0 Å². The number of nitrogens with zero attached hydrogens (tertiary/aromatic N) is 1. The van der Waals surface area contributed by atoms with Crippen LogP contribution in [0, 0.1) is 0 Å². The van der Waals surface area contributed by atoms with Crippen molar-refractivity contribution < 1.29 is 5.11 Å². The second kappa shape index (κ2) is 7.67. The summed E-state index contributed by atoms with van der Waals surface area (Å²) in [4.78, 5) is 2.38. The van der Waals surface area contributed by atoms with E-state index in [0.717, 1.165) is 45.2 Å². The van der Waals surface area contributed by atoms with Gasteiger partial charge in [-0.05, 0) is 49.2 Å². The van der Waals surface area contributed by atoms with Gasteiger partial charge >= 0.3 is 0 Å². The molecular formula is C22H31NO. The number of benzene rings is 2. The summed E-state index contributed by atoms with van der Waals surface area (Å²) in [5.74, 6) is 0.193. The summed E-state index contributed by atoms with van der Waals surface area (Å²) in [6.07, 6.45) is 6.59. The van der Waals surface area contributed by atoms with E-state index in [1.54, 1.807) is 0 Å². The molecule has 1 aliphatic carbocycles. The topological polar surface area (TPSA) is 23.5 Å². The Balaban J connectivity index is 1.95. The molecule has 0 amide bonds. The Labute approximate surface area is 146 Å². The Bertz CT molecular complexity index is 660. The van der Waals surface area contributed by atoms with Gasteiger partial charge in [0.2, 0.25) is 0 Å². The Kier molecular flexibility index (Phi) is 5.57. The van der Waals surface area contributed by atoms with Crippen LogP contribution < -0.4 is 0 Å². The SMILES string of the molecule is CCCN(C)CC(c1ccc2ccccc2c1)C1(O)CCCCC1. The molecule has 1 N–H and O–H groups in total. The highest BCUT2D eigenvalue weighted by Gasteiger charge is 2.39. The van der Waals surface area contributed by atoms with Crippen molar-refractivity contribution in [2.45, 2.75) is 57.0 Å². The van der Waals surface area contributed by atoms with Crippen molar-refractivity contribution in [1.29, 1.82) is 0 Å². The van der Waals surface area contributed by atoms with E-state index in [9.17, 15) is 5.11 Å². The first-order valence-corrected chi connectivity index (χ1v) is 9.52. The van der Waals surface area contributed by atoms with Crippen molar-refractivity contribution in [3.63, 3.8) is 0 Å². The summed E-state index contributed by atoms with van der Waals surface area (Å²) >= 11 is 0. The Morgan fingerprint density at radius 2 is 1.75 bits per heavy atom. The lowest BCUT2D eigenvalue weighted by Gasteiger charge is -2.41. The van der Waals surface area contributed by atoms with E-state index in [4.69, 9.17) is 0 Å². The van der Waals surface area contributed by atoms with Crippen molar-refractivity contribution in [3.8, 4) is 0 Å². The predicted octanol–water partition coefficient (Wildman–Crippen LogP) is 4.96. The van der Waals surface area contributed by atoms with Crippen LogP contribution in [-0.2, 0) is 0 Å². The first-order chi connectivity index (χ1) is 11.6. The number of fused-ring (bicyclic) bond motifs is 1. The summed E-state index contributed by atoms with van der Waals surface area (Å²) in [6, 6.07) is 15.3. The Hall–Kier alpha value is -1.38. The molecule has 0 radical (unpaired) electrons. The van der Waals surface area contributed by atoms with Crippen molar-refractivity contribution in [2.24, 2.45) is 0 Å². The first kappa shape index (κ1) is 17.4. The van der Waals surface area contributed by atoms with Gasteiger partial charge in [0, 0.05) is 12.5 Å². The van der Waals surface area contributed by atoms with Crippen LogP contribution in [-0.4, -0.2) is 35.7 Å². The number of likely N-dealkylation sites (N-methyl/N-ethyl adjacent to an activating group) is 1. The van der Waals surface area contributed by atoms with E-state index < -0.39 is 5.60 Å². The van der Waals surface area contributed by atoms with Gasteiger partial charge in [0.05, 0.1) is 5.60 Å². The second-order valence-corrected chi connectivity index (χ2v) is 7.59. The van der Waals surface area contributed by atoms with Crippen molar-refractivity contribution in [1.82, 2.24) is 4.90 Å². The lowest BCUT2D eigenvalue weighted by Crippen LogP contribution is -2.43. The molecule has 0 aliphatic heterocycles. The van der Waals surface area contributed by atoms with E-state index in [1.807, 2.05) is 0 Å². The fourth-order valence-corrected chi connectivity index (χ4v) is 4.31. The quantitative estimate of drug-likeness (QED) is 0.811. The molecular weight excluding hydrogens is 294 g/mol. The van der Waals surface area contributed by atoms with Crippen LogP contribution in [0.3, 0.4) is 0 Å². The van der Waals surface area contributed by atoms with Gasteiger partial charge in [-0.3, -0.25) is 0 Å². The predicted molar refractivity (Wildman–Crippen MR) is 103 cm³/mol. The maximum atomic E-state index is 11.4. The third-order valence-corrected chi connectivity index (χ3v) is 5.64. The third-order valence-electron chi connectivity index (χ3n) is 5.64. The molecule has 1 fully saturated rings. The van der Waals surface area contributed by atoms with Crippen LogP contribution in [0.5, 0.6) is 0 Å². The summed E-state index contributed by atoms with van der Waals surface area (Å²) < 4.78 is 0. The van der Waals surface area contributed by atoms with Gasteiger partial charge in [0.25, 0.3) is 0 Å². The number of hydrogen-bond acceptors (Lipinski definition) is 2. The van der Waals surface area contributed by atoms with Crippen molar-refractivity contribution in [3.05, 3.63) is 48.0 Å². The third kappa shape index (κ3) is 3.81. The van der Waals surface area contributed by atoms with Gasteiger partial charge in [-0.1, -0.05) is 68.7 Å². The average molecular weight is 325 g/mol. The molecule has 24 heavy (non-hydrogen) atoms. The molecule has 2 aromatic rings. The molecule has 2 aromatic carbocycles. The smallest absolute Gasteiger partial charge is 0.0728 e. The molecule has 1 aliphatic rings. The number of hydrogen-bond donors (Lipinski definition) is 1. The number of aliphatic hydroxyl groups is 1. The molecule has 3 rings (SSSR count). The van der Waals surface area contributed by atoms with Gasteiger partial charge in [-0.15, -0.1) is 0 Å². The molecule has 0 spiro atoms. The fourth-order valence-electron chi connectivity index (χ4n) is 4.31. The maximum absolute atomic E-state index is 11.4. The fraction of sp³-hybridized carbons (Fsp3) is 0.545. The largest absolute Gasteiger partial charge is 0.389 e. The molecule has 1 saturated carbocycles. The van der Waals surface area contributed by atoms with Crippen LogP contribution in [0.15, 0.2) is 42.5 Å². The van der Waals surface area contributed by atoms with Gasteiger partial charge in [0.15, 0.2) is 0 Å². The summed E-state index contributed by atoms with van der Waals surface area (Å²) in [5, 5.41) is 14.0. The molecule has 2 heteroatoms. The van der Waals surface area contributed by atoms with E-state index in [-0.39, 0.29) is 5.92 Å². The normalized spacial score (nSPS) is 18.8. The summed E-state index contributed by atoms with van der Waals surface area (Å²) in [6.45, 7) is 4.24. The standard InChI is InChI=1S/C22H31NO/c1-3-15-23(2)17-21(22(24)13-7-4-8-14-22)20-12-11-18-9-5-6-10-19(18)16-20/h5-6,9-12,16,21,24H,3-4,7-8,13-15,17H2,1-2H3. The van der Waals surface area contributed by atoms with Gasteiger partial charge < -0.3 is 10.0 Å². The van der Waals surface area contributed by atoms with Gasteiger partial charge in [-0.25, -0.2) is 0 Å². The molecule has 130 valence electrons. The molecule has 2 nitrogen and oxygen atoms in total. The molecule has 1 unspecified atom stereocenters. The van der Waals surface area contributed by atoms with E-state index in [2.05, 4.69) is 61.3 Å². The van der Waals surface area contributed by atoms with E-state index in [1.165, 1.54) is 22.8 Å². The van der Waals surface area contributed by atoms with Crippen LogP contribution in [0.25, 0.3) is 10.8 Å². The van der Waals surface area contributed by atoms with Crippen LogP contribution in [0.2, 0.25) is 0 Å². The van der Waals surface area contributed by atoms with Crippen LogP contribution in [0.1, 0.15) is 56.9 Å². The summed E-state index contributed by atoms with van der Waals surface area (Å²) in [5.41, 5.74) is 0.740.